The van der Waals surface area contributed by atoms with Crippen LogP contribution >= 0.6 is 23.4 Å². The maximum atomic E-state index is 6.06. The third-order valence-corrected chi connectivity index (χ3v) is 4.58. The summed E-state index contributed by atoms with van der Waals surface area (Å²) < 4.78 is 0. The summed E-state index contributed by atoms with van der Waals surface area (Å²) >= 11 is 7.91. The van der Waals surface area contributed by atoms with E-state index in [1.807, 2.05) is 30.0 Å². The molecule has 2 unspecified atom stereocenters. The molecule has 0 fully saturated rings. The minimum atomic E-state index is 0.338. The Morgan fingerprint density at radius 1 is 1.10 bits per heavy atom. The highest BCUT2D eigenvalue weighted by Crippen LogP contribution is 2.32. The van der Waals surface area contributed by atoms with E-state index >= 15 is 0 Å². The Morgan fingerprint density at radius 2 is 1.85 bits per heavy atom. The summed E-state index contributed by atoms with van der Waals surface area (Å²) in [6.07, 6.45) is 0. The van der Waals surface area contributed by atoms with Gasteiger partial charge >= 0.3 is 0 Å². The van der Waals surface area contributed by atoms with Crippen LogP contribution in [-0.4, -0.2) is 11.8 Å². The molecular weight excluding hydrogens is 286 g/mol. The average Bonchev–Trinajstić information content (AvgIpc) is 2.45. The number of halogens is 1. The summed E-state index contributed by atoms with van der Waals surface area (Å²) in [4.78, 5) is 1.21. The molecular formula is C17H20ClNS. The second-order valence-electron chi connectivity index (χ2n) is 4.73. The van der Waals surface area contributed by atoms with Gasteiger partial charge in [-0.15, -0.1) is 11.8 Å². The van der Waals surface area contributed by atoms with Crippen molar-refractivity contribution in [1.29, 1.82) is 0 Å². The van der Waals surface area contributed by atoms with Gasteiger partial charge in [-0.1, -0.05) is 61.8 Å². The molecule has 0 aliphatic heterocycles. The zero-order valence-corrected chi connectivity index (χ0v) is 13.4. The number of rotatable bonds is 6. The van der Waals surface area contributed by atoms with Gasteiger partial charge in [0.25, 0.3) is 0 Å². The van der Waals surface area contributed by atoms with Crippen molar-refractivity contribution in [1.82, 2.24) is 5.32 Å². The van der Waals surface area contributed by atoms with Crippen molar-refractivity contribution in [2.45, 2.75) is 30.0 Å². The molecule has 2 rings (SSSR count). The van der Waals surface area contributed by atoms with Crippen LogP contribution in [0, 0.1) is 0 Å². The Morgan fingerprint density at radius 3 is 2.50 bits per heavy atom. The number of nitrogens with one attached hydrogen (secondary N) is 1. The zero-order valence-electron chi connectivity index (χ0n) is 11.8. The SMILES string of the molecule is CCNC(c1ccccc1)C(C)Sc1cccc(Cl)c1. The summed E-state index contributed by atoms with van der Waals surface area (Å²) in [5.74, 6) is 0. The number of thioether (sulfide) groups is 1. The molecule has 20 heavy (non-hydrogen) atoms. The van der Waals surface area contributed by atoms with Crippen LogP contribution in [0.5, 0.6) is 0 Å². The topological polar surface area (TPSA) is 12.0 Å². The summed E-state index contributed by atoms with van der Waals surface area (Å²) in [5.41, 5.74) is 1.33. The molecule has 0 aliphatic rings. The molecule has 0 spiro atoms. The van der Waals surface area contributed by atoms with E-state index < -0.39 is 0 Å². The van der Waals surface area contributed by atoms with Crippen LogP contribution in [0.25, 0.3) is 0 Å². The molecule has 0 amide bonds. The summed E-state index contributed by atoms with van der Waals surface area (Å²) in [6.45, 7) is 5.36. The molecule has 3 heteroatoms. The first-order valence-electron chi connectivity index (χ1n) is 6.91. The number of benzene rings is 2. The Balaban J connectivity index is 2.13. The molecule has 0 saturated heterocycles. The fourth-order valence-electron chi connectivity index (χ4n) is 2.26. The van der Waals surface area contributed by atoms with Crippen molar-refractivity contribution < 1.29 is 0 Å². The normalized spacial score (nSPS) is 13.9. The molecule has 1 nitrogen and oxygen atoms in total. The lowest BCUT2D eigenvalue weighted by Gasteiger charge is -2.25. The van der Waals surface area contributed by atoms with E-state index in [0.29, 0.717) is 11.3 Å². The lowest BCUT2D eigenvalue weighted by atomic mass is 10.0. The summed E-state index contributed by atoms with van der Waals surface area (Å²) in [7, 11) is 0. The highest BCUT2D eigenvalue weighted by atomic mass is 35.5. The maximum absolute atomic E-state index is 6.06. The van der Waals surface area contributed by atoms with Crippen molar-refractivity contribution >= 4 is 23.4 Å². The second-order valence-corrected chi connectivity index (χ2v) is 6.61. The number of hydrogen-bond acceptors (Lipinski definition) is 2. The van der Waals surface area contributed by atoms with Gasteiger partial charge in [0.1, 0.15) is 0 Å². The van der Waals surface area contributed by atoms with Gasteiger partial charge in [-0.05, 0) is 30.3 Å². The van der Waals surface area contributed by atoms with Crippen molar-refractivity contribution in [2.75, 3.05) is 6.54 Å². The maximum Gasteiger partial charge on any atom is 0.0441 e. The van der Waals surface area contributed by atoms with E-state index in [4.69, 9.17) is 11.6 Å². The predicted molar refractivity (Wildman–Crippen MR) is 89.6 cm³/mol. The van der Waals surface area contributed by atoms with Crippen LogP contribution in [0.3, 0.4) is 0 Å². The lowest BCUT2D eigenvalue weighted by molar-refractivity contribution is 0.548. The van der Waals surface area contributed by atoms with Gasteiger partial charge in [-0.25, -0.2) is 0 Å². The van der Waals surface area contributed by atoms with E-state index in [1.54, 1.807) is 0 Å². The van der Waals surface area contributed by atoms with Crippen molar-refractivity contribution in [3.63, 3.8) is 0 Å². The van der Waals surface area contributed by atoms with Gasteiger partial charge in [-0.3, -0.25) is 0 Å². The lowest BCUT2D eigenvalue weighted by Crippen LogP contribution is -2.28. The van der Waals surface area contributed by atoms with Crippen LogP contribution in [0.2, 0.25) is 5.02 Å². The molecule has 2 aromatic rings. The van der Waals surface area contributed by atoms with Gasteiger partial charge in [0, 0.05) is 21.2 Å². The molecule has 2 atom stereocenters. The molecule has 0 heterocycles. The first-order valence-corrected chi connectivity index (χ1v) is 8.17. The number of hydrogen-bond donors (Lipinski definition) is 1. The third kappa shape index (κ3) is 4.27. The van der Waals surface area contributed by atoms with Crippen LogP contribution in [0.4, 0.5) is 0 Å². The van der Waals surface area contributed by atoms with E-state index in [9.17, 15) is 0 Å². The van der Waals surface area contributed by atoms with Gasteiger partial charge in [0.05, 0.1) is 0 Å². The minimum absolute atomic E-state index is 0.338. The molecule has 0 radical (unpaired) electrons. The average molecular weight is 306 g/mol. The molecule has 0 saturated carbocycles. The van der Waals surface area contributed by atoms with E-state index in [-0.39, 0.29) is 0 Å². The summed E-state index contributed by atoms with van der Waals surface area (Å²) in [6, 6.07) is 19.0. The molecule has 0 bridgehead atoms. The predicted octanol–water partition coefficient (Wildman–Crippen LogP) is 5.17. The minimum Gasteiger partial charge on any atom is -0.309 e. The molecule has 0 aromatic heterocycles. The first-order chi connectivity index (χ1) is 9.70. The Labute approximate surface area is 130 Å². The van der Waals surface area contributed by atoms with Crippen LogP contribution in [0.1, 0.15) is 25.5 Å². The van der Waals surface area contributed by atoms with Crippen LogP contribution in [-0.2, 0) is 0 Å². The molecule has 106 valence electrons. The highest BCUT2D eigenvalue weighted by Gasteiger charge is 2.19. The fourth-order valence-corrected chi connectivity index (χ4v) is 3.68. The van der Waals surface area contributed by atoms with Gasteiger partial charge in [-0.2, -0.15) is 0 Å². The Bertz CT molecular complexity index is 530. The highest BCUT2D eigenvalue weighted by molar-refractivity contribution is 8.00. The quantitative estimate of drug-likeness (QED) is 0.739. The smallest absolute Gasteiger partial charge is 0.0441 e. The van der Waals surface area contributed by atoms with E-state index in [0.717, 1.165) is 11.6 Å². The molecule has 1 N–H and O–H groups in total. The van der Waals surface area contributed by atoms with Crippen molar-refractivity contribution in [3.05, 3.63) is 65.2 Å². The Kier molecular flexibility index (Phi) is 5.96. The van der Waals surface area contributed by atoms with Gasteiger partial charge in [0.2, 0.25) is 0 Å². The molecule has 2 aromatic carbocycles. The third-order valence-electron chi connectivity index (χ3n) is 3.17. The van der Waals surface area contributed by atoms with Crippen LogP contribution in [0.15, 0.2) is 59.5 Å². The second kappa shape index (κ2) is 7.72. The fraction of sp³-hybridized carbons (Fsp3) is 0.294. The Hall–Kier alpha value is -0.960. The first kappa shape index (κ1) is 15.4. The summed E-state index contributed by atoms with van der Waals surface area (Å²) in [5, 5.41) is 4.80. The van der Waals surface area contributed by atoms with E-state index in [1.165, 1.54) is 10.5 Å². The van der Waals surface area contributed by atoms with Crippen LogP contribution < -0.4 is 5.32 Å². The van der Waals surface area contributed by atoms with E-state index in [2.05, 4.69) is 55.6 Å². The van der Waals surface area contributed by atoms with Gasteiger partial charge in [0.15, 0.2) is 0 Å². The largest absolute Gasteiger partial charge is 0.309 e. The van der Waals surface area contributed by atoms with Gasteiger partial charge < -0.3 is 5.32 Å². The zero-order chi connectivity index (χ0) is 14.4. The van der Waals surface area contributed by atoms with Crippen molar-refractivity contribution in [2.24, 2.45) is 0 Å². The van der Waals surface area contributed by atoms with Crippen molar-refractivity contribution in [3.8, 4) is 0 Å². The standard InChI is InChI=1S/C17H20ClNS/c1-3-19-17(14-8-5-4-6-9-14)13(2)20-16-11-7-10-15(18)12-16/h4-13,17,19H,3H2,1-2H3. The molecule has 0 aliphatic carbocycles. The monoisotopic (exact) mass is 305 g/mol.